The maximum atomic E-state index is 12.6. The molecule has 3 aromatic heterocycles. The van der Waals surface area contributed by atoms with Crippen LogP contribution in [0.1, 0.15) is 33.6 Å². The van der Waals surface area contributed by atoms with Crippen LogP contribution in [0.3, 0.4) is 0 Å². The Bertz CT molecular complexity index is 1730. The van der Waals surface area contributed by atoms with Gasteiger partial charge in [0.15, 0.2) is 18.2 Å². The molecule has 0 bridgehead atoms. The number of carbonyl (C=O) groups excluding carboxylic acids is 2. The van der Waals surface area contributed by atoms with Crippen molar-refractivity contribution in [1.82, 2.24) is 29.7 Å². The van der Waals surface area contributed by atoms with Gasteiger partial charge in [0.2, 0.25) is 0 Å². The first-order valence-corrected chi connectivity index (χ1v) is 13.1. The summed E-state index contributed by atoms with van der Waals surface area (Å²) in [5.41, 5.74) is 2.31. The second-order valence-corrected chi connectivity index (χ2v) is 10.7. The van der Waals surface area contributed by atoms with Gasteiger partial charge in [0.05, 0.1) is 11.7 Å². The van der Waals surface area contributed by atoms with E-state index in [9.17, 15) is 9.59 Å². The lowest BCUT2D eigenvalue weighted by Gasteiger charge is -2.19. The number of rotatable bonds is 7. The summed E-state index contributed by atoms with van der Waals surface area (Å²) in [6.07, 6.45) is 5.00. The summed E-state index contributed by atoms with van der Waals surface area (Å²) in [7, 11) is 0. The zero-order valence-electron chi connectivity index (χ0n) is 22.4. The minimum Gasteiger partial charge on any atom is -0.484 e. The van der Waals surface area contributed by atoms with E-state index in [4.69, 9.17) is 14.5 Å². The second kappa shape index (κ2) is 9.99. The van der Waals surface area contributed by atoms with Gasteiger partial charge in [-0.2, -0.15) is 9.78 Å². The highest BCUT2D eigenvalue weighted by molar-refractivity contribution is 5.90. The third-order valence-corrected chi connectivity index (χ3v) is 6.19. The largest absolute Gasteiger partial charge is 0.484 e. The lowest BCUT2D eigenvalue weighted by Crippen LogP contribution is -2.30. The van der Waals surface area contributed by atoms with Gasteiger partial charge in [-0.05, 0) is 76.1 Å². The van der Waals surface area contributed by atoms with Crippen molar-refractivity contribution >= 4 is 39.9 Å². The molecule has 1 fully saturated rings. The molecule has 0 unspecified atom stereocenters. The van der Waals surface area contributed by atoms with Crippen molar-refractivity contribution in [2.45, 2.75) is 45.3 Å². The molecule has 3 heterocycles. The number of benzene rings is 2. The summed E-state index contributed by atoms with van der Waals surface area (Å²) in [5, 5.41) is 15.9. The first kappa shape index (κ1) is 25.4. The molecule has 2 aromatic carbocycles. The van der Waals surface area contributed by atoms with Gasteiger partial charge in [-0.15, -0.1) is 5.10 Å². The molecule has 1 saturated carbocycles. The van der Waals surface area contributed by atoms with E-state index in [1.54, 1.807) is 16.8 Å². The normalized spacial score (nSPS) is 13.4. The molecule has 0 aliphatic heterocycles. The van der Waals surface area contributed by atoms with Crippen LogP contribution in [-0.2, 0) is 9.53 Å². The van der Waals surface area contributed by atoms with Gasteiger partial charge in [-0.1, -0.05) is 12.1 Å². The number of nitrogens with zero attached hydrogens (tertiary/aromatic N) is 5. The van der Waals surface area contributed by atoms with Crippen molar-refractivity contribution in [3.05, 3.63) is 67.0 Å². The van der Waals surface area contributed by atoms with Crippen LogP contribution in [0.4, 0.5) is 16.3 Å². The van der Waals surface area contributed by atoms with E-state index >= 15 is 0 Å². The van der Waals surface area contributed by atoms with Crippen LogP contribution in [-0.4, -0.2) is 54.6 Å². The Labute approximate surface area is 230 Å². The third kappa shape index (κ3) is 5.58. The Kier molecular flexibility index (Phi) is 6.33. The molecule has 0 radical (unpaired) electrons. The second-order valence-electron chi connectivity index (χ2n) is 10.7. The zero-order chi connectivity index (χ0) is 27.9. The standard InChI is InChI=1S/C29H29N7O4/c1-29(2,3)40-28(38)36-23-12-11-21(14-19(23)16-30-36)32-27-24-8-5-13-35(24)34-26(33-27)18-6-4-7-22(15-18)39-17-25(37)31-20-9-10-20/h4-8,11-16,20H,9-10,17H2,1-3H3,(H,31,37)(H,32,33,34). The minimum atomic E-state index is -0.625. The Hall–Kier alpha value is -4.93. The number of aromatic nitrogens is 5. The average molecular weight is 540 g/mol. The van der Waals surface area contributed by atoms with E-state index in [1.165, 1.54) is 4.68 Å². The van der Waals surface area contributed by atoms with Crippen molar-refractivity contribution in [2.75, 3.05) is 11.9 Å². The molecule has 1 aliphatic carbocycles. The molecular formula is C29H29N7O4. The summed E-state index contributed by atoms with van der Waals surface area (Å²) in [5.74, 6) is 1.52. The maximum absolute atomic E-state index is 12.6. The molecule has 204 valence electrons. The lowest BCUT2D eigenvalue weighted by molar-refractivity contribution is -0.123. The van der Waals surface area contributed by atoms with E-state index in [-0.39, 0.29) is 18.6 Å². The van der Waals surface area contributed by atoms with Crippen LogP contribution in [0.2, 0.25) is 0 Å². The predicted molar refractivity (Wildman–Crippen MR) is 150 cm³/mol. The van der Waals surface area contributed by atoms with Crippen molar-refractivity contribution in [2.24, 2.45) is 0 Å². The monoisotopic (exact) mass is 539 g/mol. The van der Waals surface area contributed by atoms with Crippen LogP contribution in [0.15, 0.2) is 67.0 Å². The fourth-order valence-corrected chi connectivity index (χ4v) is 4.22. The Balaban J connectivity index is 1.25. The highest BCUT2D eigenvalue weighted by atomic mass is 16.6. The highest BCUT2D eigenvalue weighted by Gasteiger charge is 2.23. The Morgan fingerprint density at radius 1 is 1.05 bits per heavy atom. The van der Waals surface area contributed by atoms with Crippen molar-refractivity contribution in [3.8, 4) is 17.1 Å². The zero-order valence-corrected chi connectivity index (χ0v) is 22.4. The van der Waals surface area contributed by atoms with E-state index in [0.717, 1.165) is 35.0 Å². The molecule has 40 heavy (non-hydrogen) atoms. The highest BCUT2D eigenvalue weighted by Crippen LogP contribution is 2.28. The number of hydrogen-bond acceptors (Lipinski definition) is 8. The fraction of sp³-hybridized carbons (Fsp3) is 0.276. The van der Waals surface area contributed by atoms with Crippen LogP contribution < -0.4 is 15.4 Å². The number of fused-ring (bicyclic) bond motifs is 2. The molecule has 0 saturated heterocycles. The molecule has 1 aliphatic rings. The molecule has 1 amide bonds. The number of carbonyl (C=O) groups is 2. The summed E-state index contributed by atoms with van der Waals surface area (Å²) in [6.45, 7) is 5.40. The number of anilines is 2. The topological polar surface area (TPSA) is 125 Å². The first-order chi connectivity index (χ1) is 19.2. The van der Waals surface area contributed by atoms with Gasteiger partial charge in [0.1, 0.15) is 16.9 Å². The van der Waals surface area contributed by atoms with Crippen LogP contribution in [0, 0.1) is 0 Å². The van der Waals surface area contributed by atoms with Crippen molar-refractivity contribution < 1.29 is 19.1 Å². The Morgan fingerprint density at radius 3 is 2.70 bits per heavy atom. The predicted octanol–water partition coefficient (Wildman–Crippen LogP) is 4.93. The van der Waals surface area contributed by atoms with E-state index in [2.05, 4.69) is 20.8 Å². The molecule has 2 N–H and O–H groups in total. The molecular weight excluding hydrogens is 510 g/mol. The quantitative estimate of drug-likeness (QED) is 0.298. The van der Waals surface area contributed by atoms with Gasteiger partial charge in [-0.3, -0.25) is 4.79 Å². The maximum Gasteiger partial charge on any atom is 0.435 e. The molecule has 0 atom stereocenters. The van der Waals surface area contributed by atoms with Crippen LogP contribution in [0.25, 0.3) is 27.8 Å². The fourth-order valence-electron chi connectivity index (χ4n) is 4.22. The average Bonchev–Trinajstić information content (AvgIpc) is 3.41. The van der Waals surface area contributed by atoms with Crippen molar-refractivity contribution in [3.63, 3.8) is 0 Å². The molecule has 11 heteroatoms. The van der Waals surface area contributed by atoms with Crippen LogP contribution in [0.5, 0.6) is 5.75 Å². The summed E-state index contributed by atoms with van der Waals surface area (Å²) in [6, 6.07) is 17.0. The summed E-state index contributed by atoms with van der Waals surface area (Å²) < 4.78 is 14.2. The van der Waals surface area contributed by atoms with Crippen LogP contribution >= 0.6 is 0 Å². The summed E-state index contributed by atoms with van der Waals surface area (Å²) >= 11 is 0. The molecule has 0 spiro atoms. The minimum absolute atomic E-state index is 0.0444. The first-order valence-electron chi connectivity index (χ1n) is 13.1. The van der Waals surface area contributed by atoms with Gasteiger partial charge >= 0.3 is 6.09 Å². The number of ether oxygens (including phenoxy) is 2. The SMILES string of the molecule is CC(C)(C)OC(=O)n1ncc2cc(Nc3nc(-c4cccc(OCC(=O)NC5CC5)c4)nn4cccc34)ccc21. The van der Waals surface area contributed by atoms with Crippen molar-refractivity contribution in [1.29, 1.82) is 0 Å². The van der Waals surface area contributed by atoms with Gasteiger partial charge in [-0.25, -0.2) is 14.3 Å². The lowest BCUT2D eigenvalue weighted by atomic mass is 10.2. The Morgan fingerprint density at radius 2 is 1.90 bits per heavy atom. The van der Waals surface area contributed by atoms with E-state index < -0.39 is 11.7 Å². The van der Waals surface area contributed by atoms with E-state index in [1.807, 2.05) is 75.5 Å². The summed E-state index contributed by atoms with van der Waals surface area (Å²) in [4.78, 5) is 29.4. The molecule has 5 aromatic rings. The van der Waals surface area contributed by atoms with Gasteiger partial charge < -0.3 is 20.1 Å². The number of amides is 1. The van der Waals surface area contributed by atoms with Gasteiger partial charge in [0.25, 0.3) is 5.91 Å². The van der Waals surface area contributed by atoms with E-state index in [0.29, 0.717) is 22.9 Å². The number of hydrogen-bond donors (Lipinski definition) is 2. The third-order valence-electron chi connectivity index (χ3n) is 6.19. The molecule has 6 rings (SSSR count). The smallest absolute Gasteiger partial charge is 0.435 e. The van der Waals surface area contributed by atoms with Gasteiger partial charge in [0, 0.05) is 28.9 Å². The molecule has 11 nitrogen and oxygen atoms in total. The number of nitrogens with one attached hydrogen (secondary N) is 2.